The molecule has 2 aromatic carbocycles. The van der Waals surface area contributed by atoms with E-state index in [0.717, 1.165) is 11.3 Å². The average molecular weight is 451 g/mol. The number of carbonyl (C=O) groups is 3. The van der Waals surface area contributed by atoms with E-state index in [2.05, 4.69) is 20.8 Å². The summed E-state index contributed by atoms with van der Waals surface area (Å²) in [5.74, 6) is 0.266. The normalized spacial score (nSPS) is 10.5. The van der Waals surface area contributed by atoms with Gasteiger partial charge in [-0.3, -0.25) is 14.4 Å². The van der Waals surface area contributed by atoms with Gasteiger partial charge in [-0.1, -0.05) is 17.3 Å². The summed E-state index contributed by atoms with van der Waals surface area (Å²) in [6, 6.07) is 13.9. The Morgan fingerprint density at radius 2 is 1.82 bits per heavy atom. The fourth-order valence-electron chi connectivity index (χ4n) is 2.96. The van der Waals surface area contributed by atoms with Crippen LogP contribution < -0.4 is 21.1 Å². The van der Waals surface area contributed by atoms with Crippen molar-refractivity contribution in [3.63, 3.8) is 0 Å². The van der Waals surface area contributed by atoms with Crippen LogP contribution in [0.3, 0.4) is 0 Å². The van der Waals surface area contributed by atoms with Crippen molar-refractivity contribution in [2.75, 3.05) is 18.5 Å². The molecule has 0 fully saturated rings. The lowest BCUT2D eigenvalue weighted by Gasteiger charge is -2.11. The number of benzene rings is 2. The van der Waals surface area contributed by atoms with Crippen LogP contribution in [0.1, 0.15) is 36.0 Å². The van der Waals surface area contributed by atoms with Crippen LogP contribution in [0.4, 0.5) is 5.69 Å². The van der Waals surface area contributed by atoms with E-state index in [0.29, 0.717) is 24.0 Å². The Morgan fingerprint density at radius 3 is 2.55 bits per heavy atom. The Balaban J connectivity index is 1.55. The number of nitrogens with zero attached hydrogens (tertiary/aromatic N) is 2. The molecule has 0 unspecified atom stereocenters. The number of aryl methyl sites for hydroxylation is 1. The van der Waals surface area contributed by atoms with Crippen molar-refractivity contribution >= 4 is 23.4 Å². The Labute approximate surface area is 190 Å². The lowest BCUT2D eigenvalue weighted by molar-refractivity contribution is -0.118. The van der Waals surface area contributed by atoms with Gasteiger partial charge in [-0.05, 0) is 43.3 Å². The highest BCUT2D eigenvalue weighted by molar-refractivity contribution is 6.03. The number of anilines is 1. The first-order chi connectivity index (χ1) is 16.0. The molecular formula is C23H25N5O5. The van der Waals surface area contributed by atoms with Gasteiger partial charge in [-0.15, -0.1) is 0 Å². The maximum atomic E-state index is 12.4. The third kappa shape index (κ3) is 6.89. The molecule has 0 aliphatic heterocycles. The second-order valence-electron chi connectivity index (χ2n) is 7.04. The number of nitrogens with one attached hydrogen (secondary N) is 2. The summed E-state index contributed by atoms with van der Waals surface area (Å²) < 4.78 is 10.7. The monoisotopic (exact) mass is 451 g/mol. The van der Waals surface area contributed by atoms with E-state index in [1.165, 1.54) is 0 Å². The van der Waals surface area contributed by atoms with Crippen LogP contribution in [0, 0.1) is 0 Å². The number of primary amides is 1. The smallest absolute Gasteiger partial charge is 0.253 e. The van der Waals surface area contributed by atoms with Gasteiger partial charge < -0.3 is 25.6 Å². The van der Waals surface area contributed by atoms with Crippen molar-refractivity contribution in [2.45, 2.75) is 26.2 Å². The number of aromatic nitrogens is 2. The van der Waals surface area contributed by atoms with Crippen molar-refractivity contribution in [3.8, 4) is 17.1 Å². The molecule has 0 spiro atoms. The molecule has 0 bridgehead atoms. The molecule has 4 N–H and O–H groups in total. The molecule has 0 saturated heterocycles. The molecule has 0 saturated carbocycles. The molecule has 0 atom stereocenters. The van der Waals surface area contributed by atoms with Gasteiger partial charge in [0.1, 0.15) is 5.75 Å². The number of hydrogen-bond donors (Lipinski definition) is 3. The maximum Gasteiger partial charge on any atom is 0.253 e. The van der Waals surface area contributed by atoms with Gasteiger partial charge in [-0.25, -0.2) is 0 Å². The molecule has 10 heteroatoms. The predicted molar refractivity (Wildman–Crippen MR) is 120 cm³/mol. The Hall–Kier alpha value is -4.21. The van der Waals surface area contributed by atoms with Crippen molar-refractivity contribution < 1.29 is 23.6 Å². The molecule has 3 aromatic rings. The molecule has 1 heterocycles. The number of ether oxygens (including phenoxy) is 1. The second kappa shape index (κ2) is 11.4. The van der Waals surface area contributed by atoms with E-state index in [9.17, 15) is 14.4 Å². The number of amides is 3. The topological polar surface area (TPSA) is 149 Å². The van der Waals surface area contributed by atoms with Gasteiger partial charge >= 0.3 is 0 Å². The van der Waals surface area contributed by atoms with Crippen LogP contribution >= 0.6 is 0 Å². The van der Waals surface area contributed by atoms with Gasteiger partial charge in [0.25, 0.3) is 5.91 Å². The Morgan fingerprint density at radius 1 is 1.06 bits per heavy atom. The molecule has 0 aliphatic carbocycles. The van der Waals surface area contributed by atoms with E-state index in [-0.39, 0.29) is 37.3 Å². The highest BCUT2D eigenvalue weighted by Gasteiger charge is 2.15. The van der Waals surface area contributed by atoms with Gasteiger partial charge in [0.15, 0.2) is 0 Å². The minimum absolute atomic E-state index is 0.0309. The third-order valence-electron chi connectivity index (χ3n) is 4.56. The summed E-state index contributed by atoms with van der Waals surface area (Å²) in [5, 5.41) is 9.28. The minimum Gasteiger partial charge on any atom is -0.494 e. The largest absolute Gasteiger partial charge is 0.494 e. The van der Waals surface area contributed by atoms with Crippen molar-refractivity contribution in [1.82, 2.24) is 15.5 Å². The van der Waals surface area contributed by atoms with E-state index < -0.39 is 11.8 Å². The summed E-state index contributed by atoms with van der Waals surface area (Å²) in [5.41, 5.74) is 6.49. The van der Waals surface area contributed by atoms with Crippen molar-refractivity contribution in [3.05, 3.63) is 60.0 Å². The number of nitrogens with two attached hydrogens (primary N) is 1. The van der Waals surface area contributed by atoms with E-state index in [1.807, 2.05) is 31.2 Å². The van der Waals surface area contributed by atoms with Crippen LogP contribution in [0.5, 0.6) is 5.75 Å². The SMILES string of the molecule is CCOc1ccc(-c2noc(CCC(=O)Nc3ccccc3C(=O)NCCC(N)=O)n2)cc1. The number of rotatable bonds is 11. The van der Waals surface area contributed by atoms with E-state index in [1.54, 1.807) is 24.3 Å². The second-order valence-corrected chi connectivity index (χ2v) is 7.04. The fourth-order valence-corrected chi connectivity index (χ4v) is 2.96. The molecular weight excluding hydrogens is 426 g/mol. The Kier molecular flexibility index (Phi) is 8.12. The standard InChI is InChI=1S/C23H25N5O5/c1-2-32-16-9-7-15(8-10-16)22-27-21(33-28-22)12-11-20(30)26-18-6-4-3-5-17(18)23(31)25-14-13-19(24)29/h3-10H,2,11-14H2,1H3,(H2,24,29)(H,25,31)(H,26,30). The summed E-state index contributed by atoms with van der Waals surface area (Å²) in [4.78, 5) is 39.9. The van der Waals surface area contributed by atoms with Crippen LogP contribution in [-0.2, 0) is 16.0 Å². The number of hydrogen-bond acceptors (Lipinski definition) is 7. The maximum absolute atomic E-state index is 12.4. The zero-order valence-corrected chi connectivity index (χ0v) is 18.2. The first-order valence-corrected chi connectivity index (χ1v) is 10.5. The first-order valence-electron chi connectivity index (χ1n) is 10.5. The van der Waals surface area contributed by atoms with E-state index >= 15 is 0 Å². The first kappa shape index (κ1) is 23.5. The third-order valence-corrected chi connectivity index (χ3v) is 4.56. The lowest BCUT2D eigenvalue weighted by Crippen LogP contribution is -2.28. The van der Waals surface area contributed by atoms with Crippen molar-refractivity contribution in [2.24, 2.45) is 5.73 Å². The molecule has 3 rings (SSSR count). The summed E-state index contributed by atoms with van der Waals surface area (Å²) in [6.07, 6.45) is 0.356. The van der Waals surface area contributed by atoms with Crippen LogP contribution in [0.2, 0.25) is 0 Å². The zero-order chi connectivity index (χ0) is 23.6. The van der Waals surface area contributed by atoms with Crippen molar-refractivity contribution in [1.29, 1.82) is 0 Å². The highest BCUT2D eigenvalue weighted by Crippen LogP contribution is 2.20. The molecule has 3 amide bonds. The molecule has 172 valence electrons. The molecule has 0 aliphatic rings. The van der Waals surface area contributed by atoms with Gasteiger partial charge in [0.2, 0.25) is 23.5 Å². The van der Waals surface area contributed by atoms with E-state index in [4.69, 9.17) is 15.0 Å². The molecule has 1 aromatic heterocycles. The van der Waals surface area contributed by atoms with Crippen LogP contribution in [0.25, 0.3) is 11.4 Å². The summed E-state index contributed by atoms with van der Waals surface area (Å²) in [6.45, 7) is 2.61. The molecule has 0 radical (unpaired) electrons. The quantitative estimate of drug-likeness (QED) is 0.405. The zero-order valence-electron chi connectivity index (χ0n) is 18.2. The predicted octanol–water partition coefficient (Wildman–Crippen LogP) is 2.31. The number of para-hydroxylation sites is 1. The van der Waals surface area contributed by atoms with Gasteiger partial charge in [0.05, 0.1) is 17.9 Å². The minimum atomic E-state index is -0.511. The van der Waals surface area contributed by atoms with Crippen LogP contribution in [-0.4, -0.2) is 41.0 Å². The number of carbonyl (C=O) groups excluding carboxylic acids is 3. The highest BCUT2D eigenvalue weighted by atomic mass is 16.5. The fraction of sp³-hybridized carbons (Fsp3) is 0.261. The van der Waals surface area contributed by atoms with Gasteiger partial charge in [-0.2, -0.15) is 4.98 Å². The lowest BCUT2D eigenvalue weighted by atomic mass is 10.1. The Bertz CT molecular complexity index is 1110. The summed E-state index contributed by atoms with van der Waals surface area (Å²) in [7, 11) is 0. The van der Waals surface area contributed by atoms with Gasteiger partial charge in [0, 0.05) is 31.4 Å². The summed E-state index contributed by atoms with van der Waals surface area (Å²) >= 11 is 0. The molecule has 33 heavy (non-hydrogen) atoms. The average Bonchev–Trinajstić information content (AvgIpc) is 3.27. The molecule has 10 nitrogen and oxygen atoms in total. The van der Waals surface area contributed by atoms with Crippen LogP contribution in [0.15, 0.2) is 53.1 Å².